The van der Waals surface area contributed by atoms with E-state index in [1.54, 1.807) is 0 Å². The van der Waals surface area contributed by atoms with Gasteiger partial charge in [-0.3, -0.25) is 4.79 Å². The van der Waals surface area contributed by atoms with Crippen molar-refractivity contribution in [2.24, 2.45) is 11.8 Å². The summed E-state index contributed by atoms with van der Waals surface area (Å²) in [6.45, 7) is 7.59. The van der Waals surface area contributed by atoms with Crippen molar-refractivity contribution in [3.8, 4) is 0 Å². The minimum atomic E-state index is 0.0325. The lowest BCUT2D eigenvalue weighted by Gasteiger charge is -2.37. The van der Waals surface area contributed by atoms with Crippen LogP contribution < -0.4 is 0 Å². The average molecular weight is 419 g/mol. The lowest BCUT2D eigenvalue weighted by molar-refractivity contribution is 0.0594. The van der Waals surface area contributed by atoms with Gasteiger partial charge in [-0.25, -0.2) is 0 Å². The number of fused-ring (bicyclic) bond motifs is 1. The number of carbonyl (C=O) groups is 1. The molecule has 2 aromatic rings. The van der Waals surface area contributed by atoms with Crippen LogP contribution in [-0.4, -0.2) is 48.4 Å². The molecule has 5 heteroatoms. The van der Waals surface area contributed by atoms with E-state index < -0.39 is 0 Å². The first-order valence-electron chi connectivity index (χ1n) is 9.80. The van der Waals surface area contributed by atoms with E-state index in [1.165, 1.54) is 32.4 Å². The monoisotopic (exact) mass is 418 g/mol. The number of halogens is 1. The molecular formula is C21H27BrN2O2. The molecule has 2 aliphatic rings. The quantitative estimate of drug-likeness (QED) is 0.719. The minimum Gasteiger partial charge on any atom is -0.450 e. The summed E-state index contributed by atoms with van der Waals surface area (Å²) in [6, 6.07) is 7.76. The Morgan fingerprint density at radius 1 is 1.23 bits per heavy atom. The maximum absolute atomic E-state index is 13.0. The zero-order valence-electron chi connectivity index (χ0n) is 15.4. The number of rotatable bonds is 3. The molecular weight excluding hydrogens is 392 g/mol. The van der Waals surface area contributed by atoms with E-state index in [1.807, 2.05) is 29.2 Å². The molecule has 2 fully saturated rings. The molecule has 0 aliphatic carbocycles. The van der Waals surface area contributed by atoms with E-state index in [9.17, 15) is 4.79 Å². The standard InChI is InChI=1S/C21H27BrN2O2/c1-15-7-10-23(11-8-15)13-16-4-3-9-24(14-16)21(25)19-12-17-5-2-6-18(22)20(17)26-19/h2,5-6,12,15-16H,3-4,7-11,13-14H2,1H3. The molecule has 4 nitrogen and oxygen atoms in total. The molecule has 1 atom stereocenters. The molecule has 0 spiro atoms. The van der Waals surface area contributed by atoms with Crippen LogP contribution in [0.3, 0.4) is 0 Å². The summed E-state index contributed by atoms with van der Waals surface area (Å²) in [6.07, 6.45) is 4.93. The van der Waals surface area contributed by atoms with Crippen molar-refractivity contribution in [2.75, 3.05) is 32.7 Å². The molecule has 1 aromatic heterocycles. The Labute approximate surface area is 163 Å². The molecule has 1 unspecified atom stereocenters. The largest absolute Gasteiger partial charge is 0.450 e. The first-order chi connectivity index (χ1) is 12.6. The predicted molar refractivity (Wildman–Crippen MR) is 107 cm³/mol. The van der Waals surface area contributed by atoms with Gasteiger partial charge in [0.1, 0.15) is 5.58 Å². The van der Waals surface area contributed by atoms with Crippen molar-refractivity contribution < 1.29 is 9.21 Å². The lowest BCUT2D eigenvalue weighted by Crippen LogP contribution is -2.45. The van der Waals surface area contributed by atoms with Crippen LogP contribution >= 0.6 is 15.9 Å². The Bertz CT molecular complexity index is 779. The highest BCUT2D eigenvalue weighted by molar-refractivity contribution is 9.10. The number of amides is 1. The van der Waals surface area contributed by atoms with E-state index >= 15 is 0 Å². The van der Waals surface area contributed by atoms with Gasteiger partial charge in [0.15, 0.2) is 5.76 Å². The number of likely N-dealkylation sites (tertiary alicyclic amines) is 2. The normalized spacial score (nSPS) is 22.8. The summed E-state index contributed by atoms with van der Waals surface area (Å²) in [5, 5.41) is 0.971. The second-order valence-corrected chi connectivity index (χ2v) is 8.87. The summed E-state index contributed by atoms with van der Waals surface area (Å²) in [7, 11) is 0. The zero-order chi connectivity index (χ0) is 18.1. The SMILES string of the molecule is CC1CCN(CC2CCCN(C(=O)c3cc4cccc(Br)c4o3)C2)CC1. The van der Waals surface area contributed by atoms with Crippen molar-refractivity contribution in [3.05, 3.63) is 34.5 Å². The summed E-state index contributed by atoms with van der Waals surface area (Å²) < 4.78 is 6.76. The van der Waals surface area contributed by atoms with Crippen LogP contribution in [0.25, 0.3) is 11.0 Å². The highest BCUT2D eigenvalue weighted by Gasteiger charge is 2.28. The molecule has 0 saturated carbocycles. The molecule has 0 radical (unpaired) electrons. The van der Waals surface area contributed by atoms with Crippen LogP contribution in [0.4, 0.5) is 0 Å². The Morgan fingerprint density at radius 2 is 2.04 bits per heavy atom. The van der Waals surface area contributed by atoms with Crippen molar-refractivity contribution in [2.45, 2.75) is 32.6 Å². The molecule has 0 bridgehead atoms. The Morgan fingerprint density at radius 3 is 2.81 bits per heavy atom. The summed E-state index contributed by atoms with van der Waals surface area (Å²) in [5.41, 5.74) is 0.756. The highest BCUT2D eigenvalue weighted by Crippen LogP contribution is 2.29. The molecule has 2 saturated heterocycles. The van der Waals surface area contributed by atoms with Gasteiger partial charge < -0.3 is 14.2 Å². The first-order valence-corrected chi connectivity index (χ1v) is 10.6. The Balaban J connectivity index is 1.41. The van der Waals surface area contributed by atoms with Gasteiger partial charge in [-0.1, -0.05) is 19.1 Å². The van der Waals surface area contributed by atoms with Gasteiger partial charge in [-0.15, -0.1) is 0 Å². The third-order valence-electron chi connectivity index (χ3n) is 5.91. The second-order valence-electron chi connectivity index (χ2n) is 8.01. The van der Waals surface area contributed by atoms with Gasteiger partial charge in [0, 0.05) is 25.0 Å². The van der Waals surface area contributed by atoms with E-state index in [0.717, 1.165) is 47.4 Å². The smallest absolute Gasteiger partial charge is 0.289 e. The van der Waals surface area contributed by atoms with E-state index in [0.29, 0.717) is 11.7 Å². The zero-order valence-corrected chi connectivity index (χ0v) is 17.0. The lowest BCUT2D eigenvalue weighted by atomic mass is 9.94. The fourth-order valence-electron chi connectivity index (χ4n) is 4.30. The third kappa shape index (κ3) is 3.84. The Kier molecular flexibility index (Phi) is 5.37. The van der Waals surface area contributed by atoms with Gasteiger partial charge in [-0.2, -0.15) is 0 Å². The van der Waals surface area contributed by atoms with Crippen molar-refractivity contribution in [3.63, 3.8) is 0 Å². The van der Waals surface area contributed by atoms with E-state index in [4.69, 9.17) is 4.42 Å². The summed E-state index contributed by atoms with van der Waals surface area (Å²) in [5.74, 6) is 1.93. The van der Waals surface area contributed by atoms with Gasteiger partial charge >= 0.3 is 0 Å². The van der Waals surface area contributed by atoms with Crippen LogP contribution in [0, 0.1) is 11.8 Å². The van der Waals surface area contributed by atoms with Crippen molar-refractivity contribution in [1.82, 2.24) is 9.80 Å². The number of furan rings is 1. The van der Waals surface area contributed by atoms with Gasteiger partial charge in [-0.05, 0) is 78.7 Å². The molecule has 1 amide bonds. The second kappa shape index (κ2) is 7.73. The van der Waals surface area contributed by atoms with E-state index in [-0.39, 0.29) is 5.91 Å². The predicted octanol–water partition coefficient (Wildman–Crippen LogP) is 4.78. The molecule has 0 N–H and O–H groups in total. The average Bonchev–Trinajstić information content (AvgIpc) is 3.09. The van der Waals surface area contributed by atoms with Gasteiger partial charge in [0.25, 0.3) is 5.91 Å². The first kappa shape index (κ1) is 18.1. The van der Waals surface area contributed by atoms with Crippen LogP contribution in [0.15, 0.2) is 33.2 Å². The number of piperidine rings is 2. The molecule has 2 aliphatic heterocycles. The maximum Gasteiger partial charge on any atom is 0.289 e. The van der Waals surface area contributed by atoms with Crippen molar-refractivity contribution in [1.29, 1.82) is 0 Å². The molecule has 1 aromatic carbocycles. The number of benzene rings is 1. The maximum atomic E-state index is 13.0. The van der Waals surface area contributed by atoms with E-state index in [2.05, 4.69) is 27.8 Å². The molecule has 140 valence electrons. The summed E-state index contributed by atoms with van der Waals surface area (Å²) in [4.78, 5) is 17.6. The number of para-hydroxylation sites is 1. The number of nitrogens with zero attached hydrogens (tertiary/aromatic N) is 2. The number of hydrogen-bond acceptors (Lipinski definition) is 3. The number of hydrogen-bond donors (Lipinski definition) is 0. The minimum absolute atomic E-state index is 0.0325. The van der Waals surface area contributed by atoms with Crippen LogP contribution in [0.1, 0.15) is 43.2 Å². The highest BCUT2D eigenvalue weighted by atomic mass is 79.9. The van der Waals surface area contributed by atoms with Crippen LogP contribution in [-0.2, 0) is 0 Å². The third-order valence-corrected chi connectivity index (χ3v) is 6.53. The molecule has 3 heterocycles. The Hall–Kier alpha value is -1.33. The van der Waals surface area contributed by atoms with Gasteiger partial charge in [0.05, 0.1) is 4.47 Å². The molecule has 4 rings (SSSR count). The fraction of sp³-hybridized carbons (Fsp3) is 0.571. The van der Waals surface area contributed by atoms with Crippen LogP contribution in [0.5, 0.6) is 0 Å². The topological polar surface area (TPSA) is 36.7 Å². The molecule has 26 heavy (non-hydrogen) atoms. The summed E-state index contributed by atoms with van der Waals surface area (Å²) >= 11 is 3.50. The van der Waals surface area contributed by atoms with Gasteiger partial charge in [0.2, 0.25) is 0 Å². The van der Waals surface area contributed by atoms with Crippen LogP contribution in [0.2, 0.25) is 0 Å². The van der Waals surface area contributed by atoms with Crippen molar-refractivity contribution >= 4 is 32.8 Å². The fourth-order valence-corrected chi connectivity index (χ4v) is 4.76. The number of carbonyl (C=O) groups excluding carboxylic acids is 1.